The zero-order valence-corrected chi connectivity index (χ0v) is 19.1. The predicted octanol–water partition coefficient (Wildman–Crippen LogP) is 3.71. The molecule has 2 aliphatic rings. The van der Waals surface area contributed by atoms with Gasteiger partial charge in [0.15, 0.2) is 5.82 Å². The van der Waals surface area contributed by atoms with Gasteiger partial charge in [-0.3, -0.25) is 0 Å². The van der Waals surface area contributed by atoms with Gasteiger partial charge in [-0.1, -0.05) is 30.8 Å². The van der Waals surface area contributed by atoms with E-state index in [-0.39, 0.29) is 17.6 Å². The van der Waals surface area contributed by atoms with E-state index < -0.39 is 0 Å². The highest BCUT2D eigenvalue weighted by Gasteiger charge is 2.23. The van der Waals surface area contributed by atoms with Crippen molar-refractivity contribution in [3.05, 3.63) is 42.0 Å². The summed E-state index contributed by atoms with van der Waals surface area (Å²) in [7, 11) is 0. The third kappa shape index (κ3) is 4.31. The molecule has 3 aromatic rings. The molecule has 0 amide bonds. The molecular weight excluding hydrogens is 432 g/mol. The largest absolute Gasteiger partial charge is 0.507 e. The lowest BCUT2D eigenvalue weighted by molar-refractivity contribution is 0.122. The van der Waals surface area contributed by atoms with E-state index in [1.807, 2.05) is 24.3 Å². The molecule has 5 N–H and O–H groups in total. The Morgan fingerprint density at radius 3 is 2.41 bits per heavy atom. The number of rotatable bonds is 6. The Hall–Kier alpha value is -3.59. The van der Waals surface area contributed by atoms with Crippen LogP contribution in [0.5, 0.6) is 11.8 Å². The number of nitrogens with two attached hydrogens (primary N) is 1. The summed E-state index contributed by atoms with van der Waals surface area (Å²) in [5, 5.41) is 37.8. The van der Waals surface area contributed by atoms with Gasteiger partial charge in [-0.05, 0) is 42.7 Å². The highest BCUT2D eigenvalue weighted by molar-refractivity contribution is 6.04. The zero-order chi connectivity index (χ0) is 23.7. The van der Waals surface area contributed by atoms with Gasteiger partial charge in [0.1, 0.15) is 5.75 Å². The molecular formula is C25H30N6O3. The van der Waals surface area contributed by atoms with Gasteiger partial charge in [0.2, 0.25) is 0 Å². The Bertz CT molecular complexity index is 1180. The Labute approximate surface area is 198 Å². The number of nitrogens with zero attached hydrogens (tertiary/aromatic N) is 4. The van der Waals surface area contributed by atoms with E-state index in [1.54, 1.807) is 6.07 Å². The van der Waals surface area contributed by atoms with Crippen molar-refractivity contribution in [2.75, 3.05) is 36.9 Å². The SMILES string of the molecule is N=C(CC1CCCC1)c1cc(-c2nnc(O)n2-c2ccc(N3CCOCC3)cc2)c(O)cc1N. The van der Waals surface area contributed by atoms with Crippen LogP contribution in [0.1, 0.15) is 37.7 Å². The lowest BCUT2D eigenvalue weighted by Gasteiger charge is -2.29. The average Bonchev–Trinajstić information content (AvgIpc) is 3.49. The molecule has 0 unspecified atom stereocenters. The van der Waals surface area contributed by atoms with Gasteiger partial charge >= 0.3 is 6.01 Å². The van der Waals surface area contributed by atoms with Gasteiger partial charge in [0.05, 0.1) is 24.5 Å². The molecule has 0 atom stereocenters. The second kappa shape index (κ2) is 9.34. The number of hydrogen-bond donors (Lipinski definition) is 4. The maximum Gasteiger partial charge on any atom is 0.319 e. The van der Waals surface area contributed by atoms with E-state index in [0.717, 1.165) is 31.6 Å². The Morgan fingerprint density at radius 2 is 1.71 bits per heavy atom. The van der Waals surface area contributed by atoms with Gasteiger partial charge in [0.25, 0.3) is 0 Å². The molecule has 0 bridgehead atoms. The number of aromatic nitrogens is 3. The van der Waals surface area contributed by atoms with Crippen LogP contribution in [0.15, 0.2) is 36.4 Å². The molecule has 2 heterocycles. The quantitative estimate of drug-likeness (QED) is 0.324. The first-order valence-electron chi connectivity index (χ1n) is 11.8. The minimum atomic E-state index is -0.284. The molecule has 0 spiro atoms. The van der Waals surface area contributed by atoms with Crippen LogP contribution in [-0.4, -0.2) is 57.0 Å². The van der Waals surface area contributed by atoms with Gasteiger partial charge < -0.3 is 31.0 Å². The van der Waals surface area contributed by atoms with Gasteiger partial charge in [-0.2, -0.15) is 0 Å². The summed E-state index contributed by atoms with van der Waals surface area (Å²) in [4.78, 5) is 2.24. The molecule has 1 saturated heterocycles. The molecule has 34 heavy (non-hydrogen) atoms. The van der Waals surface area contributed by atoms with E-state index >= 15 is 0 Å². The van der Waals surface area contributed by atoms with Crippen molar-refractivity contribution >= 4 is 17.1 Å². The highest BCUT2D eigenvalue weighted by Crippen LogP contribution is 2.37. The standard InChI is InChI=1S/C25H30N6O3/c26-21(13-16-3-1-2-4-16)19-14-20(23(32)15-22(19)27)24-28-29-25(33)31(24)18-7-5-17(6-8-18)30-9-11-34-12-10-30/h5-8,14-16,26,32H,1-4,9-13,27H2,(H,29,33). The number of anilines is 2. The minimum Gasteiger partial charge on any atom is -0.507 e. The van der Waals surface area contributed by atoms with Crippen molar-refractivity contribution in [1.82, 2.24) is 14.8 Å². The van der Waals surface area contributed by atoms with Gasteiger partial charge in [-0.25, -0.2) is 4.57 Å². The first kappa shape index (κ1) is 22.2. The number of phenolic OH excluding ortho intramolecular Hbond substituents is 1. The number of phenols is 1. The van der Waals surface area contributed by atoms with Crippen molar-refractivity contribution < 1.29 is 14.9 Å². The van der Waals surface area contributed by atoms with E-state index in [0.29, 0.717) is 53.8 Å². The summed E-state index contributed by atoms with van der Waals surface area (Å²) in [5.41, 5.74) is 9.66. The summed E-state index contributed by atoms with van der Waals surface area (Å²) in [5.74, 6) is 0.708. The average molecular weight is 463 g/mol. The molecule has 2 aromatic carbocycles. The van der Waals surface area contributed by atoms with Crippen molar-refractivity contribution in [2.24, 2.45) is 5.92 Å². The number of benzene rings is 2. The monoisotopic (exact) mass is 462 g/mol. The highest BCUT2D eigenvalue weighted by atomic mass is 16.5. The normalized spacial score (nSPS) is 16.8. The number of hydrogen-bond acceptors (Lipinski definition) is 8. The number of ether oxygens (including phenoxy) is 1. The van der Waals surface area contributed by atoms with Gasteiger partial charge in [0, 0.05) is 41.8 Å². The Morgan fingerprint density at radius 1 is 1.03 bits per heavy atom. The second-order valence-electron chi connectivity index (χ2n) is 9.06. The van der Waals surface area contributed by atoms with Crippen LogP contribution in [0.2, 0.25) is 0 Å². The molecule has 0 radical (unpaired) electrons. The van der Waals surface area contributed by atoms with Crippen molar-refractivity contribution in [1.29, 1.82) is 5.41 Å². The summed E-state index contributed by atoms with van der Waals surface area (Å²) in [6.45, 7) is 3.06. The fourth-order valence-corrected chi connectivity index (χ4v) is 4.98. The van der Waals surface area contributed by atoms with E-state index in [1.165, 1.54) is 23.5 Å². The maximum absolute atomic E-state index is 10.7. The van der Waals surface area contributed by atoms with Crippen LogP contribution >= 0.6 is 0 Å². The molecule has 9 nitrogen and oxygen atoms in total. The predicted molar refractivity (Wildman–Crippen MR) is 131 cm³/mol. The van der Waals surface area contributed by atoms with Crippen LogP contribution in [0.4, 0.5) is 11.4 Å². The molecule has 1 aromatic heterocycles. The first-order valence-corrected chi connectivity index (χ1v) is 11.8. The topological polar surface area (TPSA) is 134 Å². The van der Waals surface area contributed by atoms with Crippen LogP contribution in [0, 0.1) is 11.3 Å². The fourth-order valence-electron chi connectivity index (χ4n) is 4.98. The number of aromatic hydroxyl groups is 2. The molecule has 1 aliphatic heterocycles. The molecule has 9 heteroatoms. The fraction of sp³-hybridized carbons (Fsp3) is 0.400. The summed E-state index contributed by atoms with van der Waals surface area (Å²) in [6, 6.07) is 10.6. The third-order valence-electron chi connectivity index (χ3n) is 6.83. The minimum absolute atomic E-state index is 0.0755. The van der Waals surface area contributed by atoms with Crippen LogP contribution < -0.4 is 10.6 Å². The van der Waals surface area contributed by atoms with Crippen molar-refractivity contribution in [3.63, 3.8) is 0 Å². The maximum atomic E-state index is 10.7. The van der Waals surface area contributed by atoms with Crippen LogP contribution in [0.3, 0.4) is 0 Å². The lowest BCUT2D eigenvalue weighted by Crippen LogP contribution is -2.36. The molecule has 1 aliphatic carbocycles. The Kier molecular flexibility index (Phi) is 6.10. The summed E-state index contributed by atoms with van der Waals surface area (Å²) in [6.07, 6.45) is 5.35. The smallest absolute Gasteiger partial charge is 0.319 e. The number of nitrogens with one attached hydrogen (secondary N) is 1. The van der Waals surface area contributed by atoms with Crippen LogP contribution in [0.25, 0.3) is 17.1 Å². The first-order chi connectivity index (χ1) is 16.5. The van der Waals surface area contributed by atoms with E-state index in [4.69, 9.17) is 15.9 Å². The lowest BCUT2D eigenvalue weighted by atomic mass is 9.94. The zero-order valence-electron chi connectivity index (χ0n) is 19.1. The van der Waals surface area contributed by atoms with Crippen molar-refractivity contribution in [3.8, 4) is 28.8 Å². The van der Waals surface area contributed by atoms with E-state index in [9.17, 15) is 10.2 Å². The Balaban J connectivity index is 1.47. The number of nitrogen functional groups attached to an aromatic ring is 1. The van der Waals surface area contributed by atoms with Crippen LogP contribution in [-0.2, 0) is 4.74 Å². The molecule has 2 fully saturated rings. The molecule has 1 saturated carbocycles. The number of morpholine rings is 1. The summed E-state index contributed by atoms with van der Waals surface area (Å²) >= 11 is 0. The van der Waals surface area contributed by atoms with E-state index in [2.05, 4.69) is 15.1 Å². The van der Waals surface area contributed by atoms with Gasteiger partial charge in [-0.15, -0.1) is 5.10 Å². The van der Waals surface area contributed by atoms with Crippen molar-refractivity contribution in [2.45, 2.75) is 32.1 Å². The second-order valence-corrected chi connectivity index (χ2v) is 9.06. The summed E-state index contributed by atoms with van der Waals surface area (Å²) < 4.78 is 6.91. The molecule has 178 valence electrons. The molecule has 5 rings (SSSR count). The third-order valence-corrected chi connectivity index (χ3v) is 6.83.